The minimum absolute atomic E-state index is 0.199. The molecule has 0 aliphatic carbocycles. The number of hydrogen-bond acceptors (Lipinski definition) is 7. The standard InChI is InChI=1S/C24H17BrFN5O4S/c25-16-1-6-19(35-13-21(32)28-18-4-2-17(26)3-5-18)15(11-16)12-20-23(34)29-24(36-20)31-30-22(33)14-7-9-27-10-8-14/h1-12H,13H2,(H,28,32)(H,30,33)(H,29,31,34)/b20-12-. The van der Waals surface area contributed by atoms with Crippen molar-refractivity contribution < 1.29 is 23.5 Å². The van der Waals surface area contributed by atoms with Crippen molar-refractivity contribution in [3.8, 4) is 5.75 Å². The minimum atomic E-state index is -0.446. The Morgan fingerprint density at radius 3 is 2.64 bits per heavy atom. The van der Waals surface area contributed by atoms with E-state index in [0.717, 1.165) is 16.2 Å². The fourth-order valence-electron chi connectivity index (χ4n) is 2.93. The minimum Gasteiger partial charge on any atom is -0.483 e. The average molecular weight is 570 g/mol. The van der Waals surface area contributed by atoms with Gasteiger partial charge in [0.25, 0.3) is 17.7 Å². The molecule has 9 nitrogen and oxygen atoms in total. The molecule has 0 atom stereocenters. The number of anilines is 1. The number of amidine groups is 1. The Labute approximate surface area is 217 Å². The predicted octanol–water partition coefficient (Wildman–Crippen LogP) is 3.91. The highest BCUT2D eigenvalue weighted by atomic mass is 79.9. The topological polar surface area (TPSA) is 122 Å². The Hall–Kier alpha value is -4.03. The first-order valence-corrected chi connectivity index (χ1v) is 11.9. The van der Waals surface area contributed by atoms with Crippen LogP contribution in [0.2, 0.25) is 0 Å². The lowest BCUT2D eigenvalue weighted by Gasteiger charge is -2.10. The van der Waals surface area contributed by atoms with Crippen LogP contribution >= 0.6 is 27.7 Å². The number of rotatable bonds is 7. The number of carbonyl (C=O) groups is 3. The zero-order valence-electron chi connectivity index (χ0n) is 18.3. The number of thioether (sulfide) groups is 1. The zero-order valence-corrected chi connectivity index (χ0v) is 20.7. The van der Waals surface area contributed by atoms with Gasteiger partial charge >= 0.3 is 0 Å². The van der Waals surface area contributed by atoms with Crippen LogP contribution in [-0.4, -0.2) is 34.5 Å². The first-order chi connectivity index (χ1) is 17.4. The molecule has 1 aliphatic rings. The third-order valence-electron chi connectivity index (χ3n) is 4.60. The van der Waals surface area contributed by atoms with Crippen LogP contribution in [0.4, 0.5) is 10.1 Å². The van der Waals surface area contributed by atoms with Crippen molar-refractivity contribution in [3.05, 3.63) is 93.3 Å². The van der Waals surface area contributed by atoms with E-state index in [4.69, 9.17) is 4.74 Å². The van der Waals surface area contributed by atoms with E-state index in [1.165, 1.54) is 48.8 Å². The molecule has 12 heteroatoms. The van der Waals surface area contributed by atoms with Crippen LogP contribution in [0.15, 0.2) is 81.5 Å². The molecule has 3 aromatic rings. The summed E-state index contributed by atoms with van der Waals surface area (Å²) in [4.78, 5) is 41.0. The zero-order chi connectivity index (χ0) is 25.5. The number of hydrazone groups is 1. The molecule has 0 unspecified atom stereocenters. The van der Waals surface area contributed by atoms with E-state index in [2.05, 4.69) is 42.1 Å². The summed E-state index contributed by atoms with van der Waals surface area (Å²) in [6, 6.07) is 13.6. The summed E-state index contributed by atoms with van der Waals surface area (Å²) < 4.78 is 19.4. The summed E-state index contributed by atoms with van der Waals surface area (Å²) in [5.74, 6) is -1.33. The van der Waals surface area contributed by atoms with Crippen molar-refractivity contribution in [2.45, 2.75) is 0 Å². The molecule has 0 bridgehead atoms. The molecule has 1 aliphatic heterocycles. The van der Waals surface area contributed by atoms with Gasteiger partial charge in [-0.3, -0.25) is 24.7 Å². The van der Waals surface area contributed by atoms with E-state index in [1.54, 1.807) is 24.3 Å². The average Bonchev–Trinajstić information content (AvgIpc) is 3.23. The van der Waals surface area contributed by atoms with Gasteiger partial charge < -0.3 is 10.1 Å². The Balaban J connectivity index is 1.42. The fraction of sp³-hybridized carbons (Fsp3) is 0.0417. The molecule has 0 radical (unpaired) electrons. The summed E-state index contributed by atoms with van der Waals surface area (Å²) in [5, 5.41) is 9.35. The van der Waals surface area contributed by atoms with E-state index in [1.807, 2.05) is 0 Å². The number of carbonyl (C=O) groups excluding carboxylic acids is 3. The van der Waals surface area contributed by atoms with Crippen molar-refractivity contribution >= 4 is 62.3 Å². The number of benzene rings is 2. The number of amides is 3. The van der Waals surface area contributed by atoms with Crippen molar-refractivity contribution in [2.24, 2.45) is 5.10 Å². The van der Waals surface area contributed by atoms with Crippen molar-refractivity contribution in [1.82, 2.24) is 15.7 Å². The Kier molecular flexibility index (Phi) is 8.08. The van der Waals surface area contributed by atoms with Crippen molar-refractivity contribution in [2.75, 3.05) is 11.9 Å². The summed E-state index contributed by atoms with van der Waals surface area (Å²) in [6.07, 6.45) is 4.56. The highest BCUT2D eigenvalue weighted by molar-refractivity contribution is 9.10. The molecule has 1 fully saturated rings. The van der Waals surface area contributed by atoms with Gasteiger partial charge in [-0.2, -0.15) is 0 Å². The van der Waals surface area contributed by atoms with Gasteiger partial charge in [-0.15, -0.1) is 5.10 Å². The van der Waals surface area contributed by atoms with Crippen LogP contribution in [0.5, 0.6) is 5.75 Å². The van der Waals surface area contributed by atoms with Crippen molar-refractivity contribution in [1.29, 1.82) is 0 Å². The maximum Gasteiger partial charge on any atom is 0.271 e. The second kappa shape index (κ2) is 11.6. The number of pyridine rings is 1. The maximum absolute atomic E-state index is 13.0. The molecule has 3 amide bonds. The molecule has 0 saturated carbocycles. The highest BCUT2D eigenvalue weighted by Crippen LogP contribution is 2.31. The summed E-state index contributed by atoms with van der Waals surface area (Å²) in [7, 11) is 0. The Morgan fingerprint density at radius 2 is 1.89 bits per heavy atom. The molecule has 3 N–H and O–H groups in total. The van der Waals surface area contributed by atoms with Crippen molar-refractivity contribution in [3.63, 3.8) is 0 Å². The Morgan fingerprint density at radius 1 is 1.14 bits per heavy atom. The number of ether oxygens (including phenoxy) is 1. The third kappa shape index (κ3) is 6.77. The van der Waals surface area contributed by atoms with Gasteiger partial charge in [0.1, 0.15) is 11.6 Å². The SMILES string of the molecule is O=C(COc1ccc(Br)cc1/C=C1\S/C(=N/NC(=O)c2ccncc2)NC1=O)Nc1ccc(F)cc1. The van der Waals surface area contributed by atoms with E-state index in [9.17, 15) is 18.8 Å². The molecule has 182 valence electrons. The smallest absolute Gasteiger partial charge is 0.271 e. The van der Waals surface area contributed by atoms with Crippen LogP contribution in [-0.2, 0) is 9.59 Å². The van der Waals surface area contributed by atoms with Gasteiger partial charge in [0.05, 0.1) is 4.91 Å². The van der Waals surface area contributed by atoms with E-state index in [0.29, 0.717) is 27.5 Å². The first-order valence-electron chi connectivity index (χ1n) is 10.3. The van der Waals surface area contributed by atoms with Gasteiger partial charge in [-0.25, -0.2) is 9.82 Å². The van der Waals surface area contributed by atoms with Gasteiger partial charge in [0, 0.05) is 33.7 Å². The van der Waals surface area contributed by atoms with E-state index in [-0.39, 0.29) is 11.8 Å². The largest absolute Gasteiger partial charge is 0.483 e. The molecule has 2 aromatic carbocycles. The van der Waals surface area contributed by atoms with E-state index < -0.39 is 23.5 Å². The van der Waals surface area contributed by atoms with Crippen LogP contribution in [0.3, 0.4) is 0 Å². The molecule has 1 saturated heterocycles. The fourth-order valence-corrected chi connectivity index (χ4v) is 4.08. The summed E-state index contributed by atoms with van der Waals surface area (Å²) >= 11 is 4.42. The van der Waals surface area contributed by atoms with Gasteiger partial charge in [-0.05, 0) is 72.4 Å². The Bertz CT molecular complexity index is 1370. The normalized spacial score (nSPS) is 15.0. The molecular weight excluding hydrogens is 553 g/mol. The second-order valence-electron chi connectivity index (χ2n) is 7.18. The molecule has 2 heterocycles. The summed E-state index contributed by atoms with van der Waals surface area (Å²) in [5.41, 5.74) is 3.73. The quantitative estimate of drug-likeness (QED) is 0.293. The lowest BCUT2D eigenvalue weighted by molar-refractivity contribution is -0.118. The van der Waals surface area contributed by atoms with Crippen LogP contribution in [0.1, 0.15) is 15.9 Å². The van der Waals surface area contributed by atoms with Crippen LogP contribution in [0.25, 0.3) is 6.08 Å². The highest BCUT2D eigenvalue weighted by Gasteiger charge is 2.25. The first kappa shape index (κ1) is 25.1. The molecule has 36 heavy (non-hydrogen) atoms. The number of halogens is 2. The summed E-state index contributed by atoms with van der Waals surface area (Å²) in [6.45, 7) is -0.303. The van der Waals surface area contributed by atoms with Crippen LogP contribution < -0.4 is 20.8 Å². The van der Waals surface area contributed by atoms with E-state index >= 15 is 0 Å². The number of nitrogens with zero attached hydrogens (tertiary/aromatic N) is 2. The van der Waals surface area contributed by atoms with Gasteiger partial charge in [0.2, 0.25) is 0 Å². The molecular formula is C24H17BrFN5O4S. The lowest BCUT2D eigenvalue weighted by Crippen LogP contribution is -2.25. The predicted molar refractivity (Wildman–Crippen MR) is 138 cm³/mol. The lowest BCUT2D eigenvalue weighted by atomic mass is 10.2. The molecule has 1 aromatic heterocycles. The number of hydrogen-bond donors (Lipinski definition) is 3. The molecule has 4 rings (SSSR count). The monoisotopic (exact) mass is 569 g/mol. The van der Waals surface area contributed by atoms with Crippen LogP contribution in [0, 0.1) is 5.82 Å². The third-order valence-corrected chi connectivity index (χ3v) is 6.00. The number of nitrogens with one attached hydrogen (secondary N) is 3. The maximum atomic E-state index is 13.0. The number of aromatic nitrogens is 1. The second-order valence-corrected chi connectivity index (χ2v) is 9.13. The molecule has 0 spiro atoms. The van der Waals surface area contributed by atoms with Gasteiger partial charge in [-0.1, -0.05) is 15.9 Å². The van der Waals surface area contributed by atoms with Gasteiger partial charge in [0.15, 0.2) is 11.8 Å².